The van der Waals surface area contributed by atoms with Crippen molar-refractivity contribution >= 4 is 5.97 Å². The zero-order valence-electron chi connectivity index (χ0n) is 19.3. The quantitative estimate of drug-likeness (QED) is 0.173. The van der Waals surface area contributed by atoms with Crippen molar-refractivity contribution in [2.45, 2.75) is 51.9 Å². The standard InChI is InChI=1S/C22H45NO7/c1-3-4-5-6-7-8-9-22(24)30-21-20-29-19-18-28-17-16-27-15-14-26-13-12-25-11-10-23-2/h23H,3-21H2,1-2H3. The van der Waals surface area contributed by atoms with E-state index in [9.17, 15) is 4.79 Å². The molecule has 180 valence electrons. The Hall–Kier alpha value is -0.770. The first-order valence-corrected chi connectivity index (χ1v) is 11.5. The summed E-state index contributed by atoms with van der Waals surface area (Å²) in [5, 5.41) is 3.01. The molecule has 0 unspecified atom stereocenters. The van der Waals surface area contributed by atoms with E-state index >= 15 is 0 Å². The van der Waals surface area contributed by atoms with Gasteiger partial charge in [-0.2, -0.15) is 0 Å². The van der Waals surface area contributed by atoms with Gasteiger partial charge in [-0.05, 0) is 13.5 Å². The van der Waals surface area contributed by atoms with Gasteiger partial charge in [0.1, 0.15) is 6.61 Å². The fourth-order valence-corrected chi connectivity index (χ4v) is 2.49. The third kappa shape index (κ3) is 25.3. The Balaban J connectivity index is 3.10. The van der Waals surface area contributed by atoms with Crippen molar-refractivity contribution < 1.29 is 33.2 Å². The van der Waals surface area contributed by atoms with Gasteiger partial charge in [-0.3, -0.25) is 4.79 Å². The molecule has 0 rings (SSSR count). The third-order valence-electron chi connectivity index (χ3n) is 4.21. The highest BCUT2D eigenvalue weighted by atomic mass is 16.6. The van der Waals surface area contributed by atoms with Gasteiger partial charge in [0.05, 0.1) is 66.1 Å². The predicted octanol–water partition coefficient (Wildman–Crippen LogP) is 2.58. The molecule has 0 saturated carbocycles. The molecule has 0 amide bonds. The molecule has 0 aromatic rings. The van der Waals surface area contributed by atoms with E-state index < -0.39 is 0 Å². The number of hydrogen-bond donors (Lipinski definition) is 1. The van der Waals surface area contributed by atoms with Crippen LogP contribution < -0.4 is 5.32 Å². The molecular formula is C22H45NO7. The second-order valence-corrected chi connectivity index (χ2v) is 6.90. The summed E-state index contributed by atoms with van der Waals surface area (Å²) in [7, 11) is 1.89. The summed E-state index contributed by atoms with van der Waals surface area (Å²) < 4.78 is 32.1. The number of unbranched alkanes of at least 4 members (excludes halogenated alkanes) is 5. The van der Waals surface area contributed by atoms with Crippen molar-refractivity contribution in [2.24, 2.45) is 0 Å². The summed E-state index contributed by atoms with van der Waals surface area (Å²) in [4.78, 5) is 11.6. The highest BCUT2D eigenvalue weighted by Crippen LogP contribution is 2.07. The molecule has 0 fully saturated rings. The van der Waals surface area contributed by atoms with E-state index in [-0.39, 0.29) is 5.97 Å². The van der Waals surface area contributed by atoms with Crippen LogP contribution in [0.25, 0.3) is 0 Å². The summed E-state index contributed by atoms with van der Waals surface area (Å²) in [6.45, 7) is 8.74. The summed E-state index contributed by atoms with van der Waals surface area (Å²) >= 11 is 0. The SMILES string of the molecule is CCCCCCCCC(=O)OCCOCCOCCOCCOCCOCCNC. The van der Waals surface area contributed by atoms with Crippen molar-refractivity contribution in [3.8, 4) is 0 Å². The van der Waals surface area contributed by atoms with E-state index in [4.69, 9.17) is 28.4 Å². The Kier molecular flexibility index (Phi) is 25.6. The topological polar surface area (TPSA) is 84.5 Å². The lowest BCUT2D eigenvalue weighted by Gasteiger charge is -2.08. The molecule has 0 saturated heterocycles. The fraction of sp³-hybridized carbons (Fsp3) is 0.955. The molecule has 8 nitrogen and oxygen atoms in total. The molecule has 0 aliphatic rings. The number of esters is 1. The Bertz CT molecular complexity index is 345. The van der Waals surface area contributed by atoms with Crippen molar-refractivity contribution in [2.75, 3.05) is 86.3 Å². The van der Waals surface area contributed by atoms with Crippen molar-refractivity contribution in [3.05, 3.63) is 0 Å². The van der Waals surface area contributed by atoms with Gasteiger partial charge < -0.3 is 33.7 Å². The van der Waals surface area contributed by atoms with Crippen LogP contribution in [0.2, 0.25) is 0 Å². The number of rotatable bonds is 25. The number of carbonyl (C=O) groups excluding carboxylic acids is 1. The molecule has 0 aromatic heterocycles. The number of likely N-dealkylation sites (N-methyl/N-ethyl adjacent to an activating group) is 1. The molecule has 0 aliphatic carbocycles. The van der Waals surface area contributed by atoms with Gasteiger partial charge in [0.2, 0.25) is 0 Å². The maximum Gasteiger partial charge on any atom is 0.305 e. The van der Waals surface area contributed by atoms with Crippen molar-refractivity contribution in [1.29, 1.82) is 0 Å². The van der Waals surface area contributed by atoms with Crippen LogP contribution >= 0.6 is 0 Å². The first-order valence-electron chi connectivity index (χ1n) is 11.5. The smallest absolute Gasteiger partial charge is 0.305 e. The first-order chi connectivity index (χ1) is 14.8. The zero-order valence-corrected chi connectivity index (χ0v) is 19.3. The van der Waals surface area contributed by atoms with E-state index in [1.807, 2.05) is 7.05 Å². The van der Waals surface area contributed by atoms with Crippen LogP contribution in [0.4, 0.5) is 0 Å². The second kappa shape index (κ2) is 26.3. The van der Waals surface area contributed by atoms with Crippen LogP contribution in [0.1, 0.15) is 51.9 Å². The second-order valence-electron chi connectivity index (χ2n) is 6.90. The third-order valence-corrected chi connectivity index (χ3v) is 4.21. The summed E-state index contributed by atoms with van der Waals surface area (Å²) in [6, 6.07) is 0. The average Bonchev–Trinajstić information content (AvgIpc) is 2.75. The molecule has 30 heavy (non-hydrogen) atoms. The van der Waals surface area contributed by atoms with Gasteiger partial charge in [0, 0.05) is 13.0 Å². The van der Waals surface area contributed by atoms with Gasteiger partial charge in [-0.25, -0.2) is 0 Å². The van der Waals surface area contributed by atoms with Gasteiger partial charge in [-0.1, -0.05) is 39.0 Å². The molecule has 1 N–H and O–H groups in total. The lowest BCUT2D eigenvalue weighted by atomic mass is 10.1. The van der Waals surface area contributed by atoms with E-state index in [0.717, 1.165) is 19.4 Å². The maximum absolute atomic E-state index is 11.6. The van der Waals surface area contributed by atoms with E-state index in [1.165, 1.54) is 25.7 Å². The van der Waals surface area contributed by atoms with Crippen molar-refractivity contribution in [3.63, 3.8) is 0 Å². The van der Waals surface area contributed by atoms with Crippen LogP contribution in [0.5, 0.6) is 0 Å². The number of carbonyl (C=O) groups is 1. The number of ether oxygens (including phenoxy) is 6. The summed E-state index contributed by atoms with van der Waals surface area (Å²) in [5.74, 6) is -0.132. The number of hydrogen-bond acceptors (Lipinski definition) is 8. The molecule has 0 heterocycles. The minimum absolute atomic E-state index is 0.132. The molecule has 8 heteroatoms. The molecule has 0 aromatic carbocycles. The lowest BCUT2D eigenvalue weighted by Crippen LogP contribution is -2.17. The highest BCUT2D eigenvalue weighted by Gasteiger charge is 2.02. The lowest BCUT2D eigenvalue weighted by molar-refractivity contribution is -0.145. The van der Waals surface area contributed by atoms with Crippen LogP contribution in [-0.2, 0) is 33.2 Å². The zero-order chi connectivity index (χ0) is 22.0. The van der Waals surface area contributed by atoms with Crippen LogP contribution in [0.15, 0.2) is 0 Å². The maximum atomic E-state index is 11.6. The fourth-order valence-electron chi connectivity index (χ4n) is 2.49. The monoisotopic (exact) mass is 435 g/mol. The highest BCUT2D eigenvalue weighted by molar-refractivity contribution is 5.69. The molecule has 0 bridgehead atoms. The summed E-state index contributed by atoms with van der Waals surface area (Å²) in [6.07, 6.45) is 7.51. The molecule has 0 atom stereocenters. The van der Waals surface area contributed by atoms with E-state index in [0.29, 0.717) is 79.1 Å². The van der Waals surface area contributed by atoms with Gasteiger partial charge >= 0.3 is 5.97 Å². The summed E-state index contributed by atoms with van der Waals surface area (Å²) in [5.41, 5.74) is 0. The van der Waals surface area contributed by atoms with Gasteiger partial charge in [-0.15, -0.1) is 0 Å². The van der Waals surface area contributed by atoms with Crippen LogP contribution in [-0.4, -0.2) is 92.2 Å². The van der Waals surface area contributed by atoms with Crippen LogP contribution in [0, 0.1) is 0 Å². The molecule has 0 spiro atoms. The van der Waals surface area contributed by atoms with Gasteiger partial charge in [0.15, 0.2) is 0 Å². The number of nitrogens with one attached hydrogen (secondary N) is 1. The molecule has 0 radical (unpaired) electrons. The van der Waals surface area contributed by atoms with Crippen molar-refractivity contribution in [1.82, 2.24) is 5.32 Å². The minimum atomic E-state index is -0.132. The Morgan fingerprint density at radius 1 is 0.600 bits per heavy atom. The Labute approximate surface area is 183 Å². The minimum Gasteiger partial charge on any atom is -0.463 e. The largest absolute Gasteiger partial charge is 0.463 e. The predicted molar refractivity (Wildman–Crippen MR) is 117 cm³/mol. The molecular weight excluding hydrogens is 390 g/mol. The van der Waals surface area contributed by atoms with E-state index in [1.54, 1.807) is 0 Å². The molecule has 0 aliphatic heterocycles. The normalized spacial score (nSPS) is 11.1. The Morgan fingerprint density at radius 3 is 1.53 bits per heavy atom. The van der Waals surface area contributed by atoms with Crippen LogP contribution in [0.3, 0.4) is 0 Å². The van der Waals surface area contributed by atoms with Gasteiger partial charge in [0.25, 0.3) is 0 Å². The average molecular weight is 436 g/mol. The Morgan fingerprint density at radius 2 is 1.03 bits per heavy atom. The van der Waals surface area contributed by atoms with E-state index in [2.05, 4.69) is 12.2 Å². The first kappa shape index (κ1) is 29.2.